The topological polar surface area (TPSA) is 20.3 Å². The molecule has 0 aromatic heterocycles. The monoisotopic (exact) mass is 303 g/mol. The molecule has 0 radical (unpaired) electrons. The second kappa shape index (κ2) is 4.65. The minimum absolute atomic E-state index is 0.0118. The number of alkyl halides is 3. The van der Waals surface area contributed by atoms with Crippen LogP contribution in [0.25, 0.3) is 0 Å². The van der Waals surface area contributed by atoms with Crippen LogP contribution < -0.4 is 4.90 Å². The van der Waals surface area contributed by atoms with Crippen LogP contribution in [0.5, 0.6) is 0 Å². The molecule has 2 aliphatic heterocycles. The van der Waals surface area contributed by atoms with Crippen LogP contribution in [0.1, 0.15) is 31.2 Å². The lowest BCUT2D eigenvalue weighted by atomic mass is 10.00. The quantitative estimate of drug-likeness (QED) is 0.780. The van der Waals surface area contributed by atoms with Gasteiger partial charge >= 0.3 is 6.18 Å². The van der Waals surface area contributed by atoms with Gasteiger partial charge < -0.3 is 4.90 Å². The molecule has 0 N–H and O–H groups in total. The number of halogens is 4. The summed E-state index contributed by atoms with van der Waals surface area (Å²) >= 11 is 6.08. The number of hydrogen-bond donors (Lipinski definition) is 0. The fourth-order valence-corrected chi connectivity index (χ4v) is 3.47. The van der Waals surface area contributed by atoms with Gasteiger partial charge in [-0.25, -0.2) is 0 Å². The van der Waals surface area contributed by atoms with Gasteiger partial charge in [-0.05, 0) is 31.0 Å². The normalized spacial score (nSPS) is 26.2. The maximum absolute atomic E-state index is 12.8. The highest BCUT2D eigenvalue weighted by atomic mass is 35.5. The Morgan fingerprint density at radius 3 is 2.30 bits per heavy atom. The van der Waals surface area contributed by atoms with Gasteiger partial charge in [-0.3, -0.25) is 4.79 Å². The van der Waals surface area contributed by atoms with Gasteiger partial charge in [0.05, 0.1) is 16.3 Å². The van der Waals surface area contributed by atoms with E-state index in [1.807, 2.05) is 4.90 Å². The second-order valence-corrected chi connectivity index (χ2v) is 5.81. The molecule has 2 unspecified atom stereocenters. The number of benzene rings is 1. The first-order chi connectivity index (χ1) is 9.36. The van der Waals surface area contributed by atoms with Crippen LogP contribution in [-0.2, 0) is 11.0 Å². The maximum atomic E-state index is 12.8. The number of nitrogens with zero attached hydrogens (tertiary/aromatic N) is 1. The summed E-state index contributed by atoms with van der Waals surface area (Å²) in [6, 6.07) is 3.35. The third kappa shape index (κ3) is 2.28. The molecule has 6 heteroatoms. The summed E-state index contributed by atoms with van der Waals surface area (Å²) in [5, 5.41) is 0.309. The molecular weight excluding hydrogens is 291 g/mol. The van der Waals surface area contributed by atoms with Crippen molar-refractivity contribution in [1.29, 1.82) is 0 Å². The van der Waals surface area contributed by atoms with Gasteiger partial charge in [0.25, 0.3) is 0 Å². The number of hydrogen-bond acceptors (Lipinski definition) is 2. The Morgan fingerprint density at radius 2 is 1.75 bits per heavy atom. The van der Waals surface area contributed by atoms with E-state index in [-0.39, 0.29) is 17.9 Å². The fourth-order valence-electron chi connectivity index (χ4n) is 3.25. The molecule has 0 saturated carbocycles. The third-order valence-electron chi connectivity index (χ3n) is 4.10. The number of carbonyl (C=O) groups excluding carboxylic acids is 1. The maximum Gasteiger partial charge on any atom is 0.416 e. The van der Waals surface area contributed by atoms with Gasteiger partial charge in [-0.15, -0.1) is 0 Å². The van der Waals surface area contributed by atoms with Crippen molar-refractivity contribution < 1.29 is 18.0 Å². The molecule has 2 bridgehead atoms. The lowest BCUT2D eigenvalue weighted by molar-refractivity contribution is -0.137. The Hall–Kier alpha value is -1.23. The average Bonchev–Trinajstić information content (AvgIpc) is 2.61. The molecule has 2 heterocycles. The summed E-state index contributed by atoms with van der Waals surface area (Å²) < 4.78 is 38.5. The molecule has 2 atom stereocenters. The van der Waals surface area contributed by atoms with E-state index in [2.05, 4.69) is 0 Å². The molecule has 108 valence electrons. The third-order valence-corrected chi connectivity index (χ3v) is 4.42. The molecule has 2 saturated heterocycles. The van der Waals surface area contributed by atoms with Gasteiger partial charge in [-0.2, -0.15) is 13.2 Å². The van der Waals surface area contributed by atoms with E-state index in [9.17, 15) is 18.0 Å². The van der Waals surface area contributed by atoms with Crippen molar-refractivity contribution in [2.45, 2.75) is 43.9 Å². The molecular formula is C14H13ClF3NO. The summed E-state index contributed by atoms with van der Waals surface area (Å²) in [6.45, 7) is 0. The molecule has 20 heavy (non-hydrogen) atoms. The van der Waals surface area contributed by atoms with Crippen molar-refractivity contribution in [3.05, 3.63) is 28.8 Å². The van der Waals surface area contributed by atoms with Gasteiger partial charge in [0.1, 0.15) is 5.78 Å². The SMILES string of the molecule is O=C1CC2CCC(C1)N2c1cc(C(F)(F)F)ccc1Cl. The highest BCUT2D eigenvalue weighted by Gasteiger charge is 2.41. The van der Waals surface area contributed by atoms with Crippen molar-refractivity contribution in [3.63, 3.8) is 0 Å². The highest BCUT2D eigenvalue weighted by molar-refractivity contribution is 6.33. The van der Waals surface area contributed by atoms with Crippen LogP contribution >= 0.6 is 11.6 Å². The lowest BCUT2D eigenvalue weighted by Crippen LogP contribution is -2.43. The summed E-state index contributed by atoms with van der Waals surface area (Å²) in [4.78, 5) is 13.5. The lowest BCUT2D eigenvalue weighted by Gasteiger charge is -2.36. The Balaban J connectivity index is 2.00. The first kappa shape index (κ1) is 13.7. The zero-order valence-electron chi connectivity index (χ0n) is 10.6. The van der Waals surface area contributed by atoms with E-state index in [1.165, 1.54) is 6.07 Å². The molecule has 2 aliphatic rings. The second-order valence-electron chi connectivity index (χ2n) is 5.40. The first-order valence-corrected chi connectivity index (χ1v) is 6.91. The minimum atomic E-state index is -4.38. The van der Waals surface area contributed by atoms with E-state index < -0.39 is 11.7 Å². The van der Waals surface area contributed by atoms with Crippen LogP contribution in [0.4, 0.5) is 18.9 Å². The van der Waals surface area contributed by atoms with Crippen molar-refractivity contribution in [3.8, 4) is 0 Å². The van der Waals surface area contributed by atoms with Crippen LogP contribution in [0.3, 0.4) is 0 Å². The molecule has 1 aromatic rings. The Bertz CT molecular complexity index is 542. The van der Waals surface area contributed by atoms with E-state index in [4.69, 9.17) is 11.6 Å². The largest absolute Gasteiger partial charge is 0.416 e. The Kier molecular flexibility index (Phi) is 3.20. The van der Waals surface area contributed by atoms with Crippen molar-refractivity contribution in [1.82, 2.24) is 0 Å². The van der Waals surface area contributed by atoms with Crippen LogP contribution in [-0.4, -0.2) is 17.9 Å². The zero-order valence-corrected chi connectivity index (χ0v) is 11.3. The van der Waals surface area contributed by atoms with Crippen LogP contribution in [0, 0.1) is 0 Å². The van der Waals surface area contributed by atoms with Crippen molar-refractivity contribution in [2.24, 2.45) is 0 Å². The molecule has 0 spiro atoms. The Morgan fingerprint density at radius 1 is 1.15 bits per heavy atom. The number of anilines is 1. The molecule has 2 fully saturated rings. The highest BCUT2D eigenvalue weighted by Crippen LogP contribution is 2.43. The number of Topliss-reactive ketones (excluding diaryl/α,β-unsaturated/α-hetero) is 1. The number of rotatable bonds is 1. The number of ketones is 1. The van der Waals surface area contributed by atoms with Crippen molar-refractivity contribution >= 4 is 23.1 Å². The summed E-state index contributed by atoms with van der Waals surface area (Å²) in [7, 11) is 0. The number of carbonyl (C=O) groups is 1. The summed E-state index contributed by atoms with van der Waals surface area (Å²) in [5.41, 5.74) is -0.297. The first-order valence-electron chi connectivity index (χ1n) is 6.53. The van der Waals surface area contributed by atoms with Crippen LogP contribution in [0.2, 0.25) is 5.02 Å². The smallest absolute Gasteiger partial charge is 0.363 e. The van der Waals surface area contributed by atoms with Gasteiger partial charge in [0, 0.05) is 24.9 Å². The van der Waals surface area contributed by atoms with E-state index in [0.29, 0.717) is 23.6 Å². The van der Waals surface area contributed by atoms with E-state index >= 15 is 0 Å². The number of piperidine rings is 1. The minimum Gasteiger partial charge on any atom is -0.363 e. The molecule has 3 rings (SSSR count). The molecule has 1 aromatic carbocycles. The fraction of sp³-hybridized carbons (Fsp3) is 0.500. The standard InChI is InChI=1S/C14H13ClF3NO/c15-12-4-1-8(14(16,17)18)5-13(12)19-9-2-3-10(19)7-11(20)6-9/h1,4-5,9-10H,2-3,6-7H2. The Labute approximate surface area is 119 Å². The summed E-state index contributed by atoms with van der Waals surface area (Å²) in [6.07, 6.45) is -1.90. The van der Waals surface area contributed by atoms with Crippen molar-refractivity contribution in [2.75, 3.05) is 4.90 Å². The predicted octanol–water partition coefficient (Wildman–Crippen LogP) is 4.06. The molecule has 0 amide bonds. The molecule has 2 nitrogen and oxygen atoms in total. The predicted molar refractivity (Wildman–Crippen MR) is 70.0 cm³/mol. The van der Waals surface area contributed by atoms with Gasteiger partial charge in [0.2, 0.25) is 0 Å². The van der Waals surface area contributed by atoms with Gasteiger partial charge in [0.15, 0.2) is 0 Å². The summed E-state index contributed by atoms with van der Waals surface area (Å²) in [5.74, 6) is 0.192. The zero-order chi connectivity index (χ0) is 14.5. The van der Waals surface area contributed by atoms with E-state index in [0.717, 1.165) is 25.0 Å². The molecule has 0 aliphatic carbocycles. The van der Waals surface area contributed by atoms with E-state index in [1.54, 1.807) is 0 Å². The number of fused-ring (bicyclic) bond motifs is 2. The van der Waals surface area contributed by atoms with Crippen LogP contribution in [0.15, 0.2) is 18.2 Å². The van der Waals surface area contributed by atoms with Gasteiger partial charge in [-0.1, -0.05) is 11.6 Å². The average molecular weight is 304 g/mol.